The number of nitrogens with one attached hydrogen (secondary N) is 1. The quantitative estimate of drug-likeness (QED) is 0.873. The number of sulfone groups is 1. The van der Waals surface area contributed by atoms with Gasteiger partial charge in [0.2, 0.25) is 0 Å². The van der Waals surface area contributed by atoms with Gasteiger partial charge in [-0.1, -0.05) is 31.2 Å². The standard InChI is InChI=1S/C17H25NO2S/c1-2-18-17-15-8-4-3-6-13(15)7-5-9-16(17)14-10-11-21(19,20)12-14/h3-4,6,8,14,16-18H,2,5,7,9-12H2,1H3. The van der Waals surface area contributed by atoms with Gasteiger partial charge < -0.3 is 5.32 Å². The Labute approximate surface area is 128 Å². The highest BCUT2D eigenvalue weighted by Gasteiger charge is 2.38. The zero-order valence-corrected chi connectivity index (χ0v) is 13.5. The van der Waals surface area contributed by atoms with Crippen LogP contribution in [0.5, 0.6) is 0 Å². The van der Waals surface area contributed by atoms with Gasteiger partial charge in [-0.05, 0) is 55.2 Å². The van der Waals surface area contributed by atoms with Gasteiger partial charge in [0.05, 0.1) is 11.5 Å². The molecule has 4 heteroatoms. The molecule has 0 aromatic heterocycles. The smallest absolute Gasteiger partial charge is 0.150 e. The number of rotatable bonds is 3. The van der Waals surface area contributed by atoms with Gasteiger partial charge in [-0.25, -0.2) is 8.42 Å². The monoisotopic (exact) mass is 307 g/mol. The Morgan fingerprint density at radius 3 is 2.76 bits per heavy atom. The van der Waals surface area contributed by atoms with E-state index in [9.17, 15) is 8.42 Å². The van der Waals surface area contributed by atoms with Crippen LogP contribution >= 0.6 is 0 Å². The first-order chi connectivity index (χ1) is 10.1. The van der Waals surface area contributed by atoms with E-state index in [0.29, 0.717) is 29.4 Å². The predicted molar refractivity (Wildman–Crippen MR) is 86.0 cm³/mol. The second kappa shape index (κ2) is 6.09. The second-order valence-corrected chi connectivity index (χ2v) is 8.68. The average Bonchev–Trinajstić information content (AvgIpc) is 2.72. The van der Waals surface area contributed by atoms with Crippen molar-refractivity contribution in [1.82, 2.24) is 5.32 Å². The molecule has 3 nitrogen and oxygen atoms in total. The Balaban J connectivity index is 1.92. The van der Waals surface area contributed by atoms with Crippen molar-refractivity contribution in [2.24, 2.45) is 11.8 Å². The molecular weight excluding hydrogens is 282 g/mol. The molecule has 0 spiro atoms. The Morgan fingerprint density at radius 1 is 1.24 bits per heavy atom. The number of hydrogen-bond donors (Lipinski definition) is 1. The fourth-order valence-corrected chi connectivity index (χ4v) is 6.04. The molecular formula is C17H25NO2S. The number of aryl methyl sites for hydroxylation is 1. The fourth-order valence-electron chi connectivity index (χ4n) is 4.14. The lowest BCUT2D eigenvalue weighted by Gasteiger charge is -2.31. The molecule has 3 unspecified atom stereocenters. The van der Waals surface area contributed by atoms with Crippen molar-refractivity contribution in [3.8, 4) is 0 Å². The van der Waals surface area contributed by atoms with E-state index < -0.39 is 9.84 Å². The molecule has 1 aliphatic heterocycles. The van der Waals surface area contributed by atoms with Crippen molar-refractivity contribution in [2.45, 2.75) is 38.6 Å². The van der Waals surface area contributed by atoms with Crippen LogP contribution in [0.1, 0.15) is 43.4 Å². The third-order valence-corrected chi connectivity index (χ3v) is 6.89. The third kappa shape index (κ3) is 3.16. The van der Waals surface area contributed by atoms with Gasteiger partial charge >= 0.3 is 0 Å². The zero-order chi connectivity index (χ0) is 14.9. The van der Waals surface area contributed by atoms with Gasteiger partial charge in [0.25, 0.3) is 0 Å². The van der Waals surface area contributed by atoms with Gasteiger partial charge in [-0.3, -0.25) is 0 Å². The maximum absolute atomic E-state index is 11.9. The predicted octanol–water partition coefficient (Wildman–Crippen LogP) is 2.72. The van der Waals surface area contributed by atoms with Crippen LogP contribution in [-0.4, -0.2) is 26.5 Å². The van der Waals surface area contributed by atoms with Gasteiger partial charge in [-0.2, -0.15) is 0 Å². The molecule has 2 aliphatic rings. The molecule has 0 amide bonds. The Hall–Kier alpha value is -0.870. The number of hydrogen-bond acceptors (Lipinski definition) is 3. The highest BCUT2D eigenvalue weighted by molar-refractivity contribution is 7.91. The minimum atomic E-state index is -2.80. The Morgan fingerprint density at radius 2 is 2.05 bits per heavy atom. The summed E-state index contributed by atoms with van der Waals surface area (Å²) in [4.78, 5) is 0. The van der Waals surface area contributed by atoms with Crippen LogP contribution < -0.4 is 5.32 Å². The molecule has 1 saturated heterocycles. The molecule has 116 valence electrons. The molecule has 1 aliphatic carbocycles. The fraction of sp³-hybridized carbons (Fsp3) is 0.647. The van der Waals surface area contributed by atoms with Crippen molar-refractivity contribution < 1.29 is 8.42 Å². The summed E-state index contributed by atoms with van der Waals surface area (Å²) in [7, 11) is -2.80. The molecule has 0 radical (unpaired) electrons. The van der Waals surface area contributed by atoms with E-state index in [4.69, 9.17) is 0 Å². The average molecular weight is 307 g/mol. The topological polar surface area (TPSA) is 46.2 Å². The summed E-state index contributed by atoms with van der Waals surface area (Å²) in [6.07, 6.45) is 4.26. The summed E-state index contributed by atoms with van der Waals surface area (Å²) in [5.41, 5.74) is 2.83. The lowest BCUT2D eigenvalue weighted by atomic mass is 9.80. The lowest BCUT2D eigenvalue weighted by molar-refractivity contribution is 0.256. The molecule has 3 rings (SSSR count). The number of fused-ring (bicyclic) bond motifs is 1. The van der Waals surface area contributed by atoms with Gasteiger partial charge in [0.1, 0.15) is 0 Å². The Bertz CT molecular complexity index is 597. The highest BCUT2D eigenvalue weighted by atomic mass is 32.2. The molecule has 1 fully saturated rings. The first-order valence-corrected chi connectivity index (χ1v) is 9.94. The summed E-state index contributed by atoms with van der Waals surface area (Å²) in [6, 6.07) is 8.99. The summed E-state index contributed by atoms with van der Waals surface area (Å²) in [5.74, 6) is 1.55. The lowest BCUT2D eigenvalue weighted by Crippen LogP contribution is -2.33. The number of benzene rings is 1. The summed E-state index contributed by atoms with van der Waals surface area (Å²) < 4.78 is 23.7. The second-order valence-electron chi connectivity index (χ2n) is 6.45. The van der Waals surface area contributed by atoms with Crippen LogP contribution in [0.2, 0.25) is 0 Å². The van der Waals surface area contributed by atoms with E-state index >= 15 is 0 Å². The largest absolute Gasteiger partial charge is 0.310 e. The van der Waals surface area contributed by atoms with Crippen molar-refractivity contribution in [3.63, 3.8) is 0 Å². The van der Waals surface area contributed by atoms with Gasteiger partial charge in [0, 0.05) is 6.04 Å². The minimum Gasteiger partial charge on any atom is -0.310 e. The summed E-state index contributed by atoms with van der Waals surface area (Å²) in [6.45, 7) is 3.06. The highest BCUT2D eigenvalue weighted by Crippen LogP contribution is 2.41. The molecule has 0 saturated carbocycles. The van der Waals surface area contributed by atoms with Gasteiger partial charge in [-0.15, -0.1) is 0 Å². The maximum atomic E-state index is 11.9. The van der Waals surface area contributed by atoms with Crippen LogP contribution in [0.25, 0.3) is 0 Å². The summed E-state index contributed by atoms with van der Waals surface area (Å²) in [5, 5.41) is 3.64. The van der Waals surface area contributed by atoms with E-state index in [-0.39, 0.29) is 0 Å². The maximum Gasteiger partial charge on any atom is 0.150 e. The van der Waals surface area contributed by atoms with Crippen molar-refractivity contribution in [1.29, 1.82) is 0 Å². The molecule has 0 bridgehead atoms. The van der Waals surface area contributed by atoms with Crippen LogP contribution in [-0.2, 0) is 16.3 Å². The van der Waals surface area contributed by atoms with E-state index in [1.807, 2.05) is 0 Å². The van der Waals surface area contributed by atoms with Crippen molar-refractivity contribution >= 4 is 9.84 Å². The Kier molecular flexibility index (Phi) is 4.36. The van der Waals surface area contributed by atoms with Crippen molar-refractivity contribution in [2.75, 3.05) is 18.1 Å². The molecule has 3 atom stereocenters. The van der Waals surface area contributed by atoms with E-state index in [0.717, 1.165) is 25.8 Å². The van der Waals surface area contributed by atoms with Crippen LogP contribution in [0.15, 0.2) is 24.3 Å². The van der Waals surface area contributed by atoms with E-state index in [1.165, 1.54) is 17.5 Å². The normalized spacial score (nSPS) is 31.6. The van der Waals surface area contributed by atoms with E-state index in [1.54, 1.807) is 0 Å². The van der Waals surface area contributed by atoms with Gasteiger partial charge in [0.15, 0.2) is 9.84 Å². The first kappa shape index (κ1) is 15.0. The molecule has 1 heterocycles. The molecule has 1 N–H and O–H groups in total. The van der Waals surface area contributed by atoms with Crippen LogP contribution in [0, 0.1) is 11.8 Å². The van der Waals surface area contributed by atoms with E-state index in [2.05, 4.69) is 36.5 Å². The molecule has 1 aromatic carbocycles. The first-order valence-electron chi connectivity index (χ1n) is 8.12. The SMILES string of the molecule is CCNC1c2ccccc2CCCC1C1CCS(=O)(=O)C1. The zero-order valence-electron chi connectivity index (χ0n) is 12.7. The third-order valence-electron chi connectivity index (χ3n) is 5.10. The van der Waals surface area contributed by atoms with Crippen LogP contribution in [0.4, 0.5) is 0 Å². The molecule has 21 heavy (non-hydrogen) atoms. The van der Waals surface area contributed by atoms with Crippen molar-refractivity contribution in [3.05, 3.63) is 35.4 Å². The minimum absolute atomic E-state index is 0.312. The summed E-state index contributed by atoms with van der Waals surface area (Å²) >= 11 is 0. The van der Waals surface area contributed by atoms with Crippen LogP contribution in [0.3, 0.4) is 0 Å². The molecule has 1 aromatic rings.